The third-order valence-electron chi connectivity index (χ3n) is 4.33. The van der Waals surface area contributed by atoms with Crippen LogP contribution < -0.4 is 14.8 Å². The number of amides is 1. The Kier molecular flexibility index (Phi) is 7.73. The monoisotopic (exact) mass is 419 g/mol. The van der Waals surface area contributed by atoms with Gasteiger partial charge in [-0.3, -0.25) is 9.78 Å². The van der Waals surface area contributed by atoms with Crippen LogP contribution in [0.5, 0.6) is 11.5 Å². The van der Waals surface area contributed by atoms with Crippen molar-refractivity contribution in [3.8, 4) is 11.5 Å². The van der Waals surface area contributed by atoms with Gasteiger partial charge in [0.15, 0.2) is 5.82 Å². The summed E-state index contributed by atoms with van der Waals surface area (Å²) in [4.78, 5) is 20.9. The SMILES string of the molecule is COC[C@H](C)Oc1cc(/C=C/c2ccccc2OC)cc(C(=O)Nc2cnccn2)c1. The van der Waals surface area contributed by atoms with Crippen molar-refractivity contribution >= 4 is 23.9 Å². The molecule has 1 heterocycles. The summed E-state index contributed by atoms with van der Waals surface area (Å²) in [5.74, 6) is 1.39. The van der Waals surface area contributed by atoms with E-state index in [1.807, 2.05) is 49.4 Å². The van der Waals surface area contributed by atoms with Gasteiger partial charge in [0.25, 0.3) is 5.91 Å². The minimum Gasteiger partial charge on any atom is -0.496 e. The standard InChI is InChI=1S/C24H25N3O4/c1-17(16-29-2)31-21-13-18(8-9-19-6-4-5-7-22(19)30-3)12-20(14-21)24(28)27-23-15-25-10-11-26-23/h4-15,17H,16H2,1-3H3,(H,26,27,28)/b9-8+/t17-/m0/s1. The highest BCUT2D eigenvalue weighted by molar-refractivity contribution is 6.04. The van der Waals surface area contributed by atoms with Crippen molar-refractivity contribution in [1.29, 1.82) is 0 Å². The first-order chi connectivity index (χ1) is 15.1. The van der Waals surface area contributed by atoms with E-state index in [2.05, 4.69) is 15.3 Å². The molecular weight excluding hydrogens is 394 g/mol. The molecule has 3 aromatic rings. The Morgan fingerprint density at radius 1 is 1.13 bits per heavy atom. The fourth-order valence-corrected chi connectivity index (χ4v) is 2.96. The molecule has 3 rings (SSSR count). The maximum absolute atomic E-state index is 12.8. The number of para-hydroxylation sites is 1. The average Bonchev–Trinajstić information content (AvgIpc) is 2.78. The molecule has 0 aliphatic rings. The molecule has 0 unspecified atom stereocenters. The number of nitrogens with one attached hydrogen (secondary N) is 1. The number of rotatable bonds is 9. The Hall–Kier alpha value is -3.71. The number of aromatic nitrogens is 2. The summed E-state index contributed by atoms with van der Waals surface area (Å²) >= 11 is 0. The highest BCUT2D eigenvalue weighted by Gasteiger charge is 2.12. The third kappa shape index (κ3) is 6.38. The van der Waals surface area contributed by atoms with Crippen molar-refractivity contribution in [1.82, 2.24) is 9.97 Å². The van der Waals surface area contributed by atoms with Crippen LogP contribution in [0, 0.1) is 0 Å². The molecule has 0 bridgehead atoms. The Bertz CT molecular complexity index is 1040. The van der Waals surface area contributed by atoms with E-state index in [-0.39, 0.29) is 12.0 Å². The van der Waals surface area contributed by atoms with Crippen LogP contribution in [-0.4, -0.2) is 42.8 Å². The van der Waals surface area contributed by atoms with Gasteiger partial charge in [-0.05, 0) is 36.8 Å². The molecule has 31 heavy (non-hydrogen) atoms. The Morgan fingerprint density at radius 2 is 1.97 bits per heavy atom. The Labute approximate surface area is 181 Å². The lowest BCUT2D eigenvalue weighted by molar-refractivity contribution is 0.0917. The van der Waals surface area contributed by atoms with E-state index in [0.29, 0.717) is 23.7 Å². The van der Waals surface area contributed by atoms with Crippen molar-refractivity contribution in [3.63, 3.8) is 0 Å². The molecule has 0 aliphatic heterocycles. The van der Waals surface area contributed by atoms with Gasteiger partial charge >= 0.3 is 0 Å². The van der Waals surface area contributed by atoms with E-state index in [9.17, 15) is 4.79 Å². The zero-order valence-corrected chi connectivity index (χ0v) is 17.7. The van der Waals surface area contributed by atoms with Crippen molar-refractivity contribution in [2.75, 3.05) is 26.1 Å². The third-order valence-corrected chi connectivity index (χ3v) is 4.33. The van der Waals surface area contributed by atoms with Gasteiger partial charge in [-0.15, -0.1) is 0 Å². The molecule has 0 saturated carbocycles. The second-order valence-electron chi connectivity index (χ2n) is 6.79. The van der Waals surface area contributed by atoms with Crippen LogP contribution in [0.2, 0.25) is 0 Å². The number of nitrogens with zero attached hydrogens (tertiary/aromatic N) is 2. The summed E-state index contributed by atoms with van der Waals surface area (Å²) in [6, 6.07) is 13.1. The van der Waals surface area contributed by atoms with Crippen LogP contribution in [-0.2, 0) is 4.74 Å². The molecule has 160 valence electrons. The minimum absolute atomic E-state index is 0.172. The zero-order chi connectivity index (χ0) is 22.1. The Morgan fingerprint density at radius 3 is 2.71 bits per heavy atom. The van der Waals surface area contributed by atoms with Gasteiger partial charge in [-0.1, -0.05) is 30.4 Å². The maximum atomic E-state index is 12.8. The number of hydrogen-bond donors (Lipinski definition) is 1. The van der Waals surface area contributed by atoms with Gasteiger partial charge < -0.3 is 19.5 Å². The minimum atomic E-state index is -0.308. The number of hydrogen-bond acceptors (Lipinski definition) is 6. The molecule has 7 nitrogen and oxygen atoms in total. The van der Waals surface area contributed by atoms with Gasteiger partial charge in [0, 0.05) is 30.6 Å². The first-order valence-electron chi connectivity index (χ1n) is 9.78. The molecule has 0 aliphatic carbocycles. The first-order valence-corrected chi connectivity index (χ1v) is 9.78. The van der Waals surface area contributed by atoms with Gasteiger partial charge in [-0.25, -0.2) is 4.98 Å². The van der Waals surface area contributed by atoms with E-state index in [1.54, 1.807) is 32.5 Å². The second-order valence-corrected chi connectivity index (χ2v) is 6.79. The number of anilines is 1. The summed E-state index contributed by atoms with van der Waals surface area (Å²) in [6.45, 7) is 2.34. The van der Waals surface area contributed by atoms with E-state index in [0.717, 1.165) is 16.9 Å². The quantitative estimate of drug-likeness (QED) is 0.520. The van der Waals surface area contributed by atoms with E-state index in [4.69, 9.17) is 14.2 Å². The molecule has 0 radical (unpaired) electrons. The fourth-order valence-electron chi connectivity index (χ4n) is 2.96. The molecule has 0 saturated heterocycles. The van der Waals surface area contributed by atoms with Crippen molar-refractivity contribution in [3.05, 3.63) is 77.7 Å². The normalized spacial score (nSPS) is 11.8. The van der Waals surface area contributed by atoms with Crippen LogP contribution in [0.15, 0.2) is 61.1 Å². The van der Waals surface area contributed by atoms with Crippen LogP contribution in [0.3, 0.4) is 0 Å². The van der Waals surface area contributed by atoms with Crippen LogP contribution in [0.25, 0.3) is 12.2 Å². The number of carbonyl (C=O) groups is 1. The molecule has 1 atom stereocenters. The fraction of sp³-hybridized carbons (Fsp3) is 0.208. The number of benzene rings is 2. The van der Waals surface area contributed by atoms with Crippen molar-refractivity contribution in [2.45, 2.75) is 13.0 Å². The average molecular weight is 419 g/mol. The van der Waals surface area contributed by atoms with Crippen molar-refractivity contribution in [2.24, 2.45) is 0 Å². The van der Waals surface area contributed by atoms with Crippen LogP contribution in [0.1, 0.15) is 28.4 Å². The summed E-state index contributed by atoms with van der Waals surface area (Å²) < 4.78 is 16.5. The molecule has 0 fully saturated rings. The van der Waals surface area contributed by atoms with Gasteiger partial charge in [0.05, 0.1) is 19.9 Å². The van der Waals surface area contributed by atoms with Crippen molar-refractivity contribution < 1.29 is 19.0 Å². The molecule has 1 aromatic heterocycles. The molecule has 0 spiro atoms. The van der Waals surface area contributed by atoms with E-state index < -0.39 is 0 Å². The number of methoxy groups -OCH3 is 2. The lowest BCUT2D eigenvalue weighted by atomic mass is 10.1. The molecule has 1 amide bonds. The van der Waals surface area contributed by atoms with Gasteiger partial charge in [0.2, 0.25) is 0 Å². The summed E-state index contributed by atoms with van der Waals surface area (Å²) in [6.07, 6.45) is 8.22. The van der Waals surface area contributed by atoms with Gasteiger partial charge in [-0.2, -0.15) is 0 Å². The predicted molar refractivity (Wildman–Crippen MR) is 120 cm³/mol. The lowest BCUT2D eigenvalue weighted by Crippen LogP contribution is -2.19. The number of carbonyl (C=O) groups excluding carboxylic acids is 1. The topological polar surface area (TPSA) is 82.6 Å². The zero-order valence-electron chi connectivity index (χ0n) is 17.7. The predicted octanol–water partition coefficient (Wildman–Crippen LogP) is 4.32. The van der Waals surface area contributed by atoms with E-state index >= 15 is 0 Å². The van der Waals surface area contributed by atoms with Gasteiger partial charge in [0.1, 0.15) is 17.6 Å². The molecule has 1 N–H and O–H groups in total. The largest absolute Gasteiger partial charge is 0.496 e. The summed E-state index contributed by atoms with van der Waals surface area (Å²) in [5.41, 5.74) is 2.17. The number of ether oxygens (including phenoxy) is 3. The lowest BCUT2D eigenvalue weighted by Gasteiger charge is -2.15. The molecule has 7 heteroatoms. The van der Waals surface area contributed by atoms with Crippen LogP contribution >= 0.6 is 0 Å². The molecular formula is C24H25N3O4. The highest BCUT2D eigenvalue weighted by Crippen LogP contribution is 2.24. The summed E-state index contributed by atoms with van der Waals surface area (Å²) in [5, 5.41) is 2.75. The first kappa shape index (κ1) is 22.0. The maximum Gasteiger partial charge on any atom is 0.257 e. The summed E-state index contributed by atoms with van der Waals surface area (Å²) in [7, 11) is 3.25. The smallest absolute Gasteiger partial charge is 0.257 e. The Balaban J connectivity index is 1.90. The second kappa shape index (κ2) is 10.9. The van der Waals surface area contributed by atoms with E-state index in [1.165, 1.54) is 12.4 Å². The molecule has 2 aromatic carbocycles. The highest BCUT2D eigenvalue weighted by atomic mass is 16.5. The van der Waals surface area contributed by atoms with Crippen LogP contribution in [0.4, 0.5) is 5.82 Å².